The van der Waals surface area contributed by atoms with Crippen LogP contribution in [0.5, 0.6) is 0 Å². The molecule has 136 valence electrons. The van der Waals surface area contributed by atoms with Gasteiger partial charge in [-0.05, 0) is 39.0 Å². The number of hydrogen-bond donors (Lipinski definition) is 3. The van der Waals surface area contributed by atoms with Crippen LogP contribution in [0, 0.1) is 5.92 Å². The quantitative estimate of drug-likeness (QED) is 0.408. The average molecular weight is 330 g/mol. The molecule has 6 heteroatoms. The number of carbonyl (C=O) groups is 2. The van der Waals surface area contributed by atoms with Crippen LogP contribution in [0.25, 0.3) is 0 Å². The van der Waals surface area contributed by atoms with Crippen molar-refractivity contribution in [1.82, 2.24) is 10.2 Å². The minimum atomic E-state index is -1.50. The highest BCUT2D eigenvalue weighted by molar-refractivity contribution is 5.94. The first-order valence-corrected chi connectivity index (χ1v) is 8.26. The van der Waals surface area contributed by atoms with Crippen LogP contribution in [-0.4, -0.2) is 46.3 Å². The lowest BCUT2D eigenvalue weighted by atomic mass is 10.1. The SMILES string of the molecule is CC.CC(C)(O)O.CCC1CCC(N(C)/C=C\C(=O)NC=O)C1. The van der Waals surface area contributed by atoms with Gasteiger partial charge >= 0.3 is 0 Å². The molecule has 1 saturated carbocycles. The first kappa shape index (κ1) is 23.9. The molecule has 0 radical (unpaired) electrons. The summed E-state index contributed by atoms with van der Waals surface area (Å²) >= 11 is 0. The van der Waals surface area contributed by atoms with Crippen molar-refractivity contribution in [2.45, 2.75) is 72.1 Å². The van der Waals surface area contributed by atoms with Crippen molar-refractivity contribution in [2.75, 3.05) is 7.05 Å². The zero-order chi connectivity index (χ0) is 18.5. The number of nitrogens with one attached hydrogen (secondary N) is 1. The number of hydrogen-bond acceptors (Lipinski definition) is 5. The molecular formula is C17H34N2O4. The Labute approximate surface area is 140 Å². The van der Waals surface area contributed by atoms with Crippen molar-refractivity contribution >= 4 is 12.3 Å². The molecule has 0 aromatic rings. The first-order valence-electron chi connectivity index (χ1n) is 8.26. The number of rotatable bonds is 5. The van der Waals surface area contributed by atoms with E-state index in [4.69, 9.17) is 10.2 Å². The highest BCUT2D eigenvalue weighted by Crippen LogP contribution is 2.30. The van der Waals surface area contributed by atoms with Crippen molar-refractivity contribution in [3.8, 4) is 0 Å². The normalized spacial score (nSPS) is 20.0. The maximum Gasteiger partial charge on any atom is 0.251 e. The highest BCUT2D eigenvalue weighted by atomic mass is 16.5. The Bertz CT molecular complexity index is 345. The molecule has 0 aliphatic heterocycles. The summed E-state index contributed by atoms with van der Waals surface area (Å²) in [6.45, 7) is 8.82. The maximum absolute atomic E-state index is 11.0. The Kier molecular flexibility index (Phi) is 13.6. The molecule has 6 nitrogen and oxygen atoms in total. The molecule has 1 rings (SSSR count). The predicted octanol–water partition coefficient (Wildman–Crippen LogP) is 2.02. The molecule has 2 amide bonds. The highest BCUT2D eigenvalue weighted by Gasteiger charge is 2.24. The number of amides is 2. The molecule has 0 spiro atoms. The molecular weight excluding hydrogens is 296 g/mol. The monoisotopic (exact) mass is 330 g/mol. The van der Waals surface area contributed by atoms with Gasteiger partial charge in [-0.3, -0.25) is 14.9 Å². The molecule has 3 N–H and O–H groups in total. The predicted molar refractivity (Wildman–Crippen MR) is 92.4 cm³/mol. The second-order valence-corrected chi connectivity index (χ2v) is 5.84. The average Bonchev–Trinajstić information content (AvgIpc) is 2.94. The van der Waals surface area contributed by atoms with E-state index >= 15 is 0 Å². The maximum atomic E-state index is 11.0. The zero-order valence-electron chi connectivity index (χ0n) is 15.4. The largest absolute Gasteiger partial charge is 0.377 e. The third kappa shape index (κ3) is 15.3. The molecule has 2 unspecified atom stereocenters. The fourth-order valence-corrected chi connectivity index (χ4v) is 2.20. The van der Waals surface area contributed by atoms with Crippen LogP contribution >= 0.6 is 0 Å². The van der Waals surface area contributed by atoms with E-state index in [0.717, 1.165) is 5.92 Å². The summed E-state index contributed by atoms with van der Waals surface area (Å²) in [5, 5.41) is 18.2. The van der Waals surface area contributed by atoms with Crippen molar-refractivity contribution in [2.24, 2.45) is 5.92 Å². The summed E-state index contributed by atoms with van der Waals surface area (Å²) in [6, 6.07) is 0.533. The molecule has 0 aromatic carbocycles. The van der Waals surface area contributed by atoms with Crippen molar-refractivity contribution < 1.29 is 19.8 Å². The fraction of sp³-hybridized carbons (Fsp3) is 0.765. The molecule has 2 atom stereocenters. The van der Waals surface area contributed by atoms with Gasteiger partial charge in [0.15, 0.2) is 5.79 Å². The van der Waals surface area contributed by atoms with E-state index in [1.807, 2.05) is 20.9 Å². The van der Waals surface area contributed by atoms with Gasteiger partial charge in [0.05, 0.1) is 0 Å². The van der Waals surface area contributed by atoms with Crippen LogP contribution < -0.4 is 5.32 Å². The number of carbonyl (C=O) groups excluding carboxylic acids is 2. The Morgan fingerprint density at radius 1 is 1.30 bits per heavy atom. The molecule has 0 bridgehead atoms. The van der Waals surface area contributed by atoms with Gasteiger partial charge in [-0.15, -0.1) is 0 Å². The minimum absolute atomic E-state index is 0.369. The Morgan fingerprint density at radius 2 is 1.83 bits per heavy atom. The van der Waals surface area contributed by atoms with E-state index in [2.05, 4.69) is 17.1 Å². The summed E-state index contributed by atoms with van der Waals surface area (Å²) in [5.41, 5.74) is 0. The van der Waals surface area contributed by atoms with Crippen LogP contribution in [0.4, 0.5) is 0 Å². The van der Waals surface area contributed by atoms with Gasteiger partial charge in [0.2, 0.25) is 6.41 Å². The molecule has 23 heavy (non-hydrogen) atoms. The smallest absolute Gasteiger partial charge is 0.251 e. The van der Waals surface area contributed by atoms with Crippen molar-refractivity contribution in [1.29, 1.82) is 0 Å². The lowest BCUT2D eigenvalue weighted by Crippen LogP contribution is -2.25. The Morgan fingerprint density at radius 3 is 2.22 bits per heavy atom. The van der Waals surface area contributed by atoms with Gasteiger partial charge in [-0.25, -0.2) is 0 Å². The molecule has 1 aliphatic rings. The lowest BCUT2D eigenvalue weighted by Gasteiger charge is -2.22. The van der Waals surface area contributed by atoms with Gasteiger partial charge in [0.25, 0.3) is 5.91 Å². The van der Waals surface area contributed by atoms with Gasteiger partial charge in [-0.1, -0.05) is 27.2 Å². The van der Waals surface area contributed by atoms with Gasteiger partial charge in [-0.2, -0.15) is 0 Å². The van der Waals surface area contributed by atoms with Crippen LogP contribution in [0.2, 0.25) is 0 Å². The van der Waals surface area contributed by atoms with Gasteiger partial charge < -0.3 is 15.1 Å². The Balaban J connectivity index is 0. The van der Waals surface area contributed by atoms with E-state index in [0.29, 0.717) is 12.5 Å². The Hall–Kier alpha value is -1.40. The van der Waals surface area contributed by atoms with E-state index in [1.165, 1.54) is 45.6 Å². The number of nitrogens with zero attached hydrogens (tertiary/aromatic N) is 1. The first-order chi connectivity index (χ1) is 10.7. The van der Waals surface area contributed by atoms with E-state index in [1.54, 1.807) is 6.20 Å². The van der Waals surface area contributed by atoms with Gasteiger partial charge in [0.1, 0.15) is 0 Å². The number of imide groups is 1. The zero-order valence-corrected chi connectivity index (χ0v) is 15.4. The number of aliphatic hydroxyl groups is 2. The molecule has 1 aliphatic carbocycles. The van der Waals surface area contributed by atoms with E-state index in [9.17, 15) is 9.59 Å². The topological polar surface area (TPSA) is 89.9 Å². The molecule has 1 fully saturated rings. The summed E-state index contributed by atoms with van der Waals surface area (Å²) in [6.07, 6.45) is 8.45. The van der Waals surface area contributed by atoms with Crippen molar-refractivity contribution in [3.05, 3.63) is 12.3 Å². The van der Waals surface area contributed by atoms with Crippen LogP contribution in [0.15, 0.2) is 12.3 Å². The molecule has 0 saturated heterocycles. The van der Waals surface area contributed by atoms with E-state index < -0.39 is 5.79 Å². The lowest BCUT2D eigenvalue weighted by molar-refractivity contribution is -0.127. The summed E-state index contributed by atoms with van der Waals surface area (Å²) in [4.78, 5) is 23.1. The van der Waals surface area contributed by atoms with E-state index in [-0.39, 0.29) is 5.91 Å². The summed E-state index contributed by atoms with van der Waals surface area (Å²) in [7, 11) is 1.98. The standard InChI is InChI=1S/C12H20N2O2.C3H8O2.C2H6/c1-3-10-4-5-11(8-10)14(2)7-6-12(16)13-9-15;1-3(2,4)5;1-2/h6-7,9-11H,3-5,8H2,1-2H3,(H,13,15,16);4-5H,1-2H3;1-2H3/b7-6-;;. The van der Waals surface area contributed by atoms with Crippen LogP contribution in [0.3, 0.4) is 0 Å². The fourth-order valence-electron chi connectivity index (χ4n) is 2.20. The summed E-state index contributed by atoms with van der Waals surface area (Å²) in [5.74, 6) is -1.04. The third-order valence-electron chi connectivity index (χ3n) is 3.33. The second-order valence-electron chi connectivity index (χ2n) is 5.84. The molecule has 0 aromatic heterocycles. The van der Waals surface area contributed by atoms with Crippen molar-refractivity contribution in [3.63, 3.8) is 0 Å². The second kappa shape index (κ2) is 13.1. The third-order valence-corrected chi connectivity index (χ3v) is 3.33. The van der Waals surface area contributed by atoms with Crippen LogP contribution in [0.1, 0.15) is 60.3 Å². The molecule has 0 heterocycles. The van der Waals surface area contributed by atoms with Crippen LogP contribution in [-0.2, 0) is 9.59 Å². The summed E-state index contributed by atoms with van der Waals surface area (Å²) < 4.78 is 0. The minimum Gasteiger partial charge on any atom is -0.377 e. The van der Waals surface area contributed by atoms with Gasteiger partial charge in [0, 0.05) is 25.4 Å².